The molecule has 0 amide bonds. The highest BCUT2D eigenvalue weighted by atomic mass is 79.9. The number of aromatic nitrogens is 1. The summed E-state index contributed by atoms with van der Waals surface area (Å²) in [5.74, 6) is 0. The minimum Gasteiger partial charge on any atom is -0.322 e. The van der Waals surface area contributed by atoms with Crippen LogP contribution in [0.1, 0.15) is 5.56 Å². The van der Waals surface area contributed by atoms with E-state index in [-0.39, 0.29) is 5.56 Å². The lowest BCUT2D eigenvalue weighted by molar-refractivity contribution is 0.232. The zero-order valence-corrected chi connectivity index (χ0v) is 12.2. The Hall–Kier alpha value is -1.17. The summed E-state index contributed by atoms with van der Waals surface area (Å²) in [7, 11) is 0. The van der Waals surface area contributed by atoms with Gasteiger partial charge in [-0.2, -0.15) is 0 Å². The summed E-state index contributed by atoms with van der Waals surface area (Å²) in [5, 5.41) is 4.39. The molecule has 3 rings (SSSR count). The fourth-order valence-corrected chi connectivity index (χ4v) is 2.81. The number of rotatable bonds is 2. The first-order chi connectivity index (χ1) is 9.22. The third-order valence-electron chi connectivity index (χ3n) is 3.49. The van der Waals surface area contributed by atoms with Crippen molar-refractivity contribution in [1.82, 2.24) is 15.2 Å². The van der Waals surface area contributed by atoms with Gasteiger partial charge < -0.3 is 10.3 Å². The molecule has 100 valence electrons. The number of aromatic amines is 1. The maximum Gasteiger partial charge on any atom is 0.252 e. The molecular formula is C14H16BrN3O. The standard InChI is InChI=1S/C14H16BrN3O/c15-12-2-1-10-7-11(14(19)17-13(10)8-12)9-18-5-3-16-4-6-18/h1-2,7-8,16H,3-6,9H2,(H,17,19). The van der Waals surface area contributed by atoms with Crippen molar-refractivity contribution in [3.05, 3.63) is 44.7 Å². The van der Waals surface area contributed by atoms with Gasteiger partial charge in [0.2, 0.25) is 0 Å². The first-order valence-electron chi connectivity index (χ1n) is 6.47. The SMILES string of the molecule is O=c1[nH]c2cc(Br)ccc2cc1CN1CCNCC1. The molecule has 0 spiro atoms. The predicted octanol–water partition coefficient (Wildman–Crippen LogP) is 1.70. The highest BCUT2D eigenvalue weighted by molar-refractivity contribution is 9.10. The first kappa shape index (κ1) is 12.8. The van der Waals surface area contributed by atoms with Crippen LogP contribution >= 0.6 is 15.9 Å². The number of hydrogen-bond acceptors (Lipinski definition) is 3. The number of benzene rings is 1. The molecule has 19 heavy (non-hydrogen) atoms. The average molecular weight is 322 g/mol. The molecule has 0 aliphatic carbocycles. The molecule has 1 aromatic carbocycles. The molecule has 1 aliphatic heterocycles. The number of halogens is 1. The molecule has 0 saturated carbocycles. The number of H-pyrrole nitrogens is 1. The largest absolute Gasteiger partial charge is 0.322 e. The highest BCUT2D eigenvalue weighted by Crippen LogP contribution is 2.18. The van der Waals surface area contributed by atoms with Crippen molar-refractivity contribution in [2.45, 2.75) is 6.54 Å². The van der Waals surface area contributed by atoms with Gasteiger partial charge in [0.25, 0.3) is 5.56 Å². The van der Waals surface area contributed by atoms with Crippen LogP contribution in [-0.2, 0) is 6.54 Å². The molecule has 2 aromatic rings. The van der Waals surface area contributed by atoms with E-state index in [9.17, 15) is 4.79 Å². The molecule has 5 heteroatoms. The molecule has 0 radical (unpaired) electrons. The maximum atomic E-state index is 12.1. The van der Waals surface area contributed by atoms with Gasteiger partial charge in [-0.05, 0) is 23.6 Å². The Bertz CT molecular complexity index is 647. The third kappa shape index (κ3) is 2.88. The Labute approximate surface area is 119 Å². The van der Waals surface area contributed by atoms with Crippen LogP contribution in [0, 0.1) is 0 Å². The molecule has 2 heterocycles. The van der Waals surface area contributed by atoms with Gasteiger partial charge in [0, 0.05) is 48.3 Å². The van der Waals surface area contributed by atoms with Crippen molar-refractivity contribution in [2.75, 3.05) is 26.2 Å². The zero-order valence-electron chi connectivity index (χ0n) is 10.6. The van der Waals surface area contributed by atoms with Crippen molar-refractivity contribution in [1.29, 1.82) is 0 Å². The second kappa shape index (κ2) is 5.45. The second-order valence-electron chi connectivity index (χ2n) is 4.88. The Kier molecular flexibility index (Phi) is 3.68. The molecule has 2 N–H and O–H groups in total. The number of nitrogens with zero attached hydrogens (tertiary/aromatic N) is 1. The van der Waals surface area contributed by atoms with Crippen molar-refractivity contribution < 1.29 is 0 Å². The van der Waals surface area contributed by atoms with Crippen LogP contribution in [-0.4, -0.2) is 36.1 Å². The topological polar surface area (TPSA) is 48.1 Å². The minimum atomic E-state index is 0.0177. The van der Waals surface area contributed by atoms with Gasteiger partial charge in [0.05, 0.1) is 0 Å². The van der Waals surface area contributed by atoms with Crippen LogP contribution < -0.4 is 10.9 Å². The van der Waals surface area contributed by atoms with Crippen LogP contribution in [0.2, 0.25) is 0 Å². The van der Waals surface area contributed by atoms with Crippen molar-refractivity contribution >= 4 is 26.8 Å². The van der Waals surface area contributed by atoms with Crippen LogP contribution in [0.5, 0.6) is 0 Å². The molecular weight excluding hydrogens is 306 g/mol. The van der Waals surface area contributed by atoms with Crippen LogP contribution in [0.25, 0.3) is 10.9 Å². The fraction of sp³-hybridized carbons (Fsp3) is 0.357. The van der Waals surface area contributed by atoms with Gasteiger partial charge in [0.15, 0.2) is 0 Å². The quantitative estimate of drug-likeness (QED) is 0.885. The second-order valence-corrected chi connectivity index (χ2v) is 5.80. The van der Waals surface area contributed by atoms with E-state index in [4.69, 9.17) is 0 Å². The zero-order chi connectivity index (χ0) is 13.2. The Morgan fingerprint density at radius 3 is 2.79 bits per heavy atom. The van der Waals surface area contributed by atoms with Gasteiger partial charge >= 0.3 is 0 Å². The van der Waals surface area contributed by atoms with E-state index in [1.54, 1.807) is 0 Å². The van der Waals surface area contributed by atoms with E-state index in [0.717, 1.165) is 53.7 Å². The van der Waals surface area contributed by atoms with E-state index in [1.165, 1.54) is 0 Å². The Balaban J connectivity index is 1.92. The van der Waals surface area contributed by atoms with Crippen LogP contribution in [0.4, 0.5) is 0 Å². The molecule has 0 bridgehead atoms. The van der Waals surface area contributed by atoms with Gasteiger partial charge in [-0.15, -0.1) is 0 Å². The van der Waals surface area contributed by atoms with Gasteiger partial charge in [0.1, 0.15) is 0 Å². The first-order valence-corrected chi connectivity index (χ1v) is 7.26. The van der Waals surface area contributed by atoms with Crippen molar-refractivity contribution in [2.24, 2.45) is 0 Å². The van der Waals surface area contributed by atoms with Gasteiger partial charge in [-0.3, -0.25) is 9.69 Å². The number of nitrogens with one attached hydrogen (secondary N) is 2. The predicted molar refractivity (Wildman–Crippen MR) is 80.4 cm³/mol. The average Bonchev–Trinajstić information content (AvgIpc) is 2.41. The third-order valence-corrected chi connectivity index (χ3v) is 3.98. The Morgan fingerprint density at radius 1 is 1.21 bits per heavy atom. The Morgan fingerprint density at radius 2 is 2.00 bits per heavy atom. The van der Waals surface area contributed by atoms with Crippen LogP contribution in [0.15, 0.2) is 33.5 Å². The summed E-state index contributed by atoms with van der Waals surface area (Å²) in [6.07, 6.45) is 0. The minimum absolute atomic E-state index is 0.0177. The van der Waals surface area contributed by atoms with Gasteiger partial charge in [-0.25, -0.2) is 0 Å². The lowest BCUT2D eigenvalue weighted by Crippen LogP contribution is -2.43. The summed E-state index contributed by atoms with van der Waals surface area (Å²) in [6.45, 7) is 4.72. The van der Waals surface area contributed by atoms with E-state index in [0.29, 0.717) is 0 Å². The van der Waals surface area contributed by atoms with E-state index < -0.39 is 0 Å². The number of hydrogen-bond donors (Lipinski definition) is 2. The molecule has 4 nitrogen and oxygen atoms in total. The lowest BCUT2D eigenvalue weighted by atomic mass is 10.1. The van der Waals surface area contributed by atoms with Crippen molar-refractivity contribution in [3.63, 3.8) is 0 Å². The van der Waals surface area contributed by atoms with Crippen molar-refractivity contribution in [3.8, 4) is 0 Å². The fourth-order valence-electron chi connectivity index (χ4n) is 2.45. The molecule has 0 atom stereocenters. The van der Waals surface area contributed by atoms with Gasteiger partial charge in [-0.1, -0.05) is 22.0 Å². The summed E-state index contributed by atoms with van der Waals surface area (Å²) in [6, 6.07) is 7.96. The maximum absolute atomic E-state index is 12.1. The van der Waals surface area contributed by atoms with E-state index in [2.05, 4.69) is 31.1 Å². The lowest BCUT2D eigenvalue weighted by Gasteiger charge is -2.26. The highest BCUT2D eigenvalue weighted by Gasteiger charge is 2.12. The number of fused-ring (bicyclic) bond motifs is 1. The monoisotopic (exact) mass is 321 g/mol. The summed E-state index contributed by atoms with van der Waals surface area (Å²) < 4.78 is 0.977. The molecule has 1 aliphatic rings. The smallest absolute Gasteiger partial charge is 0.252 e. The molecule has 0 unspecified atom stereocenters. The normalized spacial score (nSPS) is 16.9. The van der Waals surface area contributed by atoms with E-state index >= 15 is 0 Å². The summed E-state index contributed by atoms with van der Waals surface area (Å²) in [4.78, 5) is 17.4. The molecule has 1 saturated heterocycles. The summed E-state index contributed by atoms with van der Waals surface area (Å²) >= 11 is 3.42. The number of pyridine rings is 1. The molecule has 1 aromatic heterocycles. The number of piperazine rings is 1. The molecule has 1 fully saturated rings. The van der Waals surface area contributed by atoms with E-state index in [1.807, 2.05) is 24.3 Å². The van der Waals surface area contributed by atoms with Crippen LogP contribution in [0.3, 0.4) is 0 Å². The summed E-state index contributed by atoms with van der Waals surface area (Å²) in [5.41, 5.74) is 1.74.